The predicted octanol–water partition coefficient (Wildman–Crippen LogP) is 0.747. The third-order valence-corrected chi connectivity index (χ3v) is 1.21. The normalized spacial score (nSPS) is 9.20. The van der Waals surface area contributed by atoms with E-state index in [4.69, 9.17) is 6.57 Å². The van der Waals surface area contributed by atoms with Crippen LogP contribution in [0.1, 0.15) is 6.92 Å². The lowest BCUT2D eigenvalue weighted by Crippen LogP contribution is -2.13. The first kappa shape index (κ1) is 6.62. The van der Waals surface area contributed by atoms with E-state index in [1.807, 2.05) is 6.92 Å². The molecule has 0 atom stereocenters. The molecule has 0 aliphatic rings. The summed E-state index contributed by atoms with van der Waals surface area (Å²) in [4.78, 5) is 13.9. The minimum atomic E-state index is -0.145. The SMILES string of the molecule is [C-]#[N+]c1cc(=O)n(CC)[nH]1. The number of nitrogens with zero attached hydrogens (tertiary/aromatic N) is 2. The summed E-state index contributed by atoms with van der Waals surface area (Å²) in [5.41, 5.74) is -0.145. The Hall–Kier alpha value is -1.50. The molecule has 10 heavy (non-hydrogen) atoms. The Labute approximate surface area is 57.9 Å². The van der Waals surface area contributed by atoms with Crippen molar-refractivity contribution < 1.29 is 0 Å². The molecule has 52 valence electrons. The third-order valence-electron chi connectivity index (χ3n) is 1.21. The van der Waals surface area contributed by atoms with Gasteiger partial charge in [-0.1, -0.05) is 6.57 Å². The Morgan fingerprint density at radius 2 is 2.60 bits per heavy atom. The number of rotatable bonds is 1. The Balaban J connectivity index is 3.20. The average molecular weight is 137 g/mol. The predicted molar refractivity (Wildman–Crippen MR) is 37.0 cm³/mol. The van der Waals surface area contributed by atoms with Crippen molar-refractivity contribution in [2.75, 3.05) is 0 Å². The van der Waals surface area contributed by atoms with Crippen molar-refractivity contribution >= 4 is 5.82 Å². The summed E-state index contributed by atoms with van der Waals surface area (Å²) >= 11 is 0. The van der Waals surface area contributed by atoms with Crippen LogP contribution in [0.25, 0.3) is 4.85 Å². The zero-order chi connectivity index (χ0) is 7.56. The van der Waals surface area contributed by atoms with E-state index in [9.17, 15) is 4.79 Å². The molecular weight excluding hydrogens is 130 g/mol. The smallest absolute Gasteiger partial charge is 0.271 e. The van der Waals surface area contributed by atoms with Gasteiger partial charge in [-0.15, -0.1) is 0 Å². The van der Waals surface area contributed by atoms with Gasteiger partial charge in [-0.3, -0.25) is 4.79 Å². The van der Waals surface area contributed by atoms with Gasteiger partial charge in [0, 0.05) is 6.07 Å². The molecule has 1 aromatic rings. The van der Waals surface area contributed by atoms with Crippen molar-refractivity contribution in [1.82, 2.24) is 9.78 Å². The lowest BCUT2D eigenvalue weighted by molar-refractivity contribution is 0.641. The largest absolute Gasteiger partial charge is 0.362 e. The fourth-order valence-corrected chi connectivity index (χ4v) is 0.713. The van der Waals surface area contributed by atoms with E-state index >= 15 is 0 Å². The quantitative estimate of drug-likeness (QED) is 0.570. The van der Waals surface area contributed by atoms with Gasteiger partial charge in [0.15, 0.2) is 0 Å². The minimum Gasteiger partial charge on any atom is -0.362 e. The number of H-pyrrole nitrogens is 1. The number of aromatic nitrogens is 2. The molecule has 0 aliphatic carbocycles. The topological polar surface area (TPSA) is 42.1 Å². The van der Waals surface area contributed by atoms with Gasteiger partial charge in [0.1, 0.15) is 0 Å². The van der Waals surface area contributed by atoms with E-state index in [0.717, 1.165) is 0 Å². The fraction of sp³-hybridized carbons (Fsp3) is 0.333. The molecule has 0 fully saturated rings. The Kier molecular flexibility index (Phi) is 1.59. The molecule has 0 aliphatic heterocycles. The highest BCUT2D eigenvalue weighted by atomic mass is 16.1. The molecule has 0 saturated heterocycles. The maximum atomic E-state index is 10.8. The molecule has 0 bridgehead atoms. The number of aryl methyl sites for hydroxylation is 1. The van der Waals surface area contributed by atoms with Crippen LogP contribution in [0.2, 0.25) is 0 Å². The van der Waals surface area contributed by atoms with Crippen LogP contribution in [-0.2, 0) is 6.54 Å². The minimum absolute atomic E-state index is 0.145. The molecule has 0 amide bonds. The summed E-state index contributed by atoms with van der Waals surface area (Å²) < 4.78 is 1.38. The highest BCUT2D eigenvalue weighted by Gasteiger charge is 1.98. The van der Waals surface area contributed by atoms with E-state index < -0.39 is 0 Å². The first-order valence-corrected chi connectivity index (χ1v) is 2.95. The zero-order valence-corrected chi connectivity index (χ0v) is 5.59. The number of hydrogen-bond acceptors (Lipinski definition) is 1. The van der Waals surface area contributed by atoms with E-state index in [-0.39, 0.29) is 5.56 Å². The molecule has 1 heterocycles. The van der Waals surface area contributed by atoms with Crippen LogP contribution in [0, 0.1) is 6.57 Å². The van der Waals surface area contributed by atoms with Crippen LogP contribution in [0.5, 0.6) is 0 Å². The van der Waals surface area contributed by atoms with Crippen LogP contribution in [0.15, 0.2) is 10.9 Å². The summed E-state index contributed by atoms with van der Waals surface area (Å²) in [5, 5.41) is 2.63. The molecule has 1 N–H and O–H groups in total. The van der Waals surface area contributed by atoms with Crippen LogP contribution >= 0.6 is 0 Å². The number of nitrogens with one attached hydrogen (secondary N) is 1. The first-order valence-electron chi connectivity index (χ1n) is 2.95. The Bertz CT molecular complexity index is 314. The Morgan fingerprint density at radius 1 is 1.90 bits per heavy atom. The molecule has 0 spiro atoms. The van der Waals surface area contributed by atoms with Gasteiger partial charge in [0.05, 0.1) is 6.54 Å². The summed E-state index contributed by atoms with van der Waals surface area (Å²) in [5.74, 6) is 0.298. The summed E-state index contributed by atoms with van der Waals surface area (Å²) in [7, 11) is 0. The third kappa shape index (κ3) is 0.935. The molecule has 0 radical (unpaired) electrons. The molecule has 4 nitrogen and oxygen atoms in total. The second-order valence-electron chi connectivity index (χ2n) is 1.84. The van der Waals surface area contributed by atoms with E-state index in [2.05, 4.69) is 9.94 Å². The molecule has 4 heteroatoms. The highest BCUT2D eigenvalue weighted by Crippen LogP contribution is 2.00. The van der Waals surface area contributed by atoms with Gasteiger partial charge >= 0.3 is 0 Å². The molecule has 1 rings (SSSR count). The van der Waals surface area contributed by atoms with Gasteiger partial charge < -0.3 is 4.85 Å². The van der Waals surface area contributed by atoms with Crippen molar-refractivity contribution in [3.05, 3.63) is 27.8 Å². The standard InChI is InChI=1S/C6H7N3O/c1-3-9-6(10)4-5(7-2)8-9/h4,8H,3H2,1H3. The van der Waals surface area contributed by atoms with Gasteiger partial charge in [0.2, 0.25) is 0 Å². The Morgan fingerprint density at radius 3 is 2.90 bits per heavy atom. The number of aromatic amines is 1. The van der Waals surface area contributed by atoms with Crippen molar-refractivity contribution in [3.8, 4) is 0 Å². The number of hydrogen-bond donors (Lipinski definition) is 1. The second kappa shape index (κ2) is 2.40. The fourth-order valence-electron chi connectivity index (χ4n) is 0.713. The lowest BCUT2D eigenvalue weighted by atomic mass is 10.6. The first-order chi connectivity index (χ1) is 4.77. The van der Waals surface area contributed by atoms with E-state index in [1.165, 1.54) is 10.7 Å². The summed E-state index contributed by atoms with van der Waals surface area (Å²) in [6.07, 6.45) is 0. The van der Waals surface area contributed by atoms with Crippen molar-refractivity contribution in [3.63, 3.8) is 0 Å². The van der Waals surface area contributed by atoms with Crippen LogP contribution in [-0.4, -0.2) is 9.78 Å². The average Bonchev–Trinajstić information content (AvgIpc) is 2.30. The van der Waals surface area contributed by atoms with Gasteiger partial charge in [-0.2, -0.15) is 4.68 Å². The van der Waals surface area contributed by atoms with Gasteiger partial charge in [-0.25, -0.2) is 5.10 Å². The molecular formula is C6H7N3O. The maximum Gasteiger partial charge on any atom is 0.271 e. The monoisotopic (exact) mass is 137 g/mol. The molecule has 0 saturated carbocycles. The van der Waals surface area contributed by atoms with Crippen LogP contribution in [0.4, 0.5) is 5.82 Å². The van der Waals surface area contributed by atoms with E-state index in [0.29, 0.717) is 12.4 Å². The van der Waals surface area contributed by atoms with Crippen molar-refractivity contribution in [2.24, 2.45) is 0 Å². The molecule has 0 aromatic carbocycles. The van der Waals surface area contributed by atoms with Crippen LogP contribution in [0.3, 0.4) is 0 Å². The van der Waals surface area contributed by atoms with Gasteiger partial charge in [0.25, 0.3) is 11.4 Å². The summed E-state index contributed by atoms with van der Waals surface area (Å²) in [6, 6.07) is 1.29. The van der Waals surface area contributed by atoms with E-state index in [1.54, 1.807) is 0 Å². The second-order valence-corrected chi connectivity index (χ2v) is 1.84. The maximum absolute atomic E-state index is 10.8. The van der Waals surface area contributed by atoms with Gasteiger partial charge in [-0.05, 0) is 6.92 Å². The molecule has 1 aromatic heterocycles. The van der Waals surface area contributed by atoms with Crippen LogP contribution < -0.4 is 5.56 Å². The summed E-state index contributed by atoms with van der Waals surface area (Å²) in [6.45, 7) is 8.99. The molecule has 0 unspecified atom stereocenters. The zero-order valence-electron chi connectivity index (χ0n) is 5.59. The highest BCUT2D eigenvalue weighted by molar-refractivity contribution is 5.32. The van der Waals surface area contributed by atoms with Crippen molar-refractivity contribution in [2.45, 2.75) is 13.5 Å². The van der Waals surface area contributed by atoms with Crippen molar-refractivity contribution in [1.29, 1.82) is 0 Å². The lowest BCUT2D eigenvalue weighted by Gasteiger charge is -1.87.